The van der Waals surface area contributed by atoms with Gasteiger partial charge in [-0.05, 0) is 62.0 Å². The van der Waals surface area contributed by atoms with Crippen LogP contribution in [0.25, 0.3) is 0 Å². The van der Waals surface area contributed by atoms with Crippen LogP contribution in [0.15, 0.2) is 42.5 Å². The normalized spacial score (nSPS) is 21.4. The lowest BCUT2D eigenvalue weighted by molar-refractivity contribution is 0.0702. The fourth-order valence-corrected chi connectivity index (χ4v) is 4.87. The van der Waals surface area contributed by atoms with Crippen LogP contribution in [0.4, 0.5) is 0 Å². The summed E-state index contributed by atoms with van der Waals surface area (Å²) in [5, 5.41) is 0. The number of rotatable bonds is 6. The number of carbonyl (C=O) groups excluding carboxylic acids is 1. The van der Waals surface area contributed by atoms with Crippen LogP contribution in [0.1, 0.15) is 40.7 Å². The Morgan fingerprint density at radius 3 is 2.28 bits per heavy atom. The van der Waals surface area contributed by atoms with E-state index in [0.29, 0.717) is 11.5 Å². The predicted octanol–water partition coefficient (Wildman–Crippen LogP) is 4.74. The second-order valence-corrected chi connectivity index (χ2v) is 8.15. The average molecular weight is 460 g/mol. The van der Waals surface area contributed by atoms with Crippen molar-refractivity contribution in [2.75, 3.05) is 33.9 Å². The Morgan fingerprint density at radius 1 is 0.966 bits per heavy atom. The zero-order chi connectivity index (χ0) is 19.6. The van der Waals surface area contributed by atoms with Crippen molar-refractivity contribution in [1.29, 1.82) is 0 Å². The summed E-state index contributed by atoms with van der Waals surface area (Å²) in [6.07, 6.45) is 5.27. The van der Waals surface area contributed by atoms with E-state index in [0.717, 1.165) is 43.6 Å². The third-order valence-corrected chi connectivity index (χ3v) is 6.22. The number of nitrogens with zero attached hydrogens (tertiary/aromatic N) is 1. The SMILES string of the molecule is Br.COc1cc2c(cc1OC)C(=O)C(Cc1ccccc1)(CN1CCCCC1)C2. The van der Waals surface area contributed by atoms with Crippen molar-refractivity contribution < 1.29 is 14.3 Å². The Hall–Kier alpha value is -1.85. The molecule has 1 heterocycles. The van der Waals surface area contributed by atoms with Crippen LogP contribution in [-0.4, -0.2) is 44.5 Å². The third kappa shape index (κ3) is 4.36. The first-order valence-electron chi connectivity index (χ1n) is 10.2. The van der Waals surface area contributed by atoms with Crippen LogP contribution < -0.4 is 9.47 Å². The van der Waals surface area contributed by atoms with E-state index in [4.69, 9.17) is 9.47 Å². The maximum absolute atomic E-state index is 13.7. The van der Waals surface area contributed by atoms with Gasteiger partial charge in [0.25, 0.3) is 0 Å². The van der Waals surface area contributed by atoms with E-state index in [2.05, 4.69) is 29.2 Å². The molecule has 5 heteroatoms. The number of hydrogen-bond acceptors (Lipinski definition) is 4. The summed E-state index contributed by atoms with van der Waals surface area (Å²) in [4.78, 5) is 16.2. The first-order chi connectivity index (χ1) is 13.6. The Morgan fingerprint density at radius 2 is 1.62 bits per heavy atom. The second-order valence-electron chi connectivity index (χ2n) is 8.15. The molecular weight excluding hydrogens is 430 g/mol. The number of Topliss-reactive ketones (excluding diaryl/α,β-unsaturated/α-hetero) is 1. The molecule has 4 rings (SSSR count). The molecule has 1 atom stereocenters. The van der Waals surface area contributed by atoms with Crippen molar-refractivity contribution in [2.45, 2.75) is 32.1 Å². The van der Waals surface area contributed by atoms with Crippen molar-refractivity contribution in [2.24, 2.45) is 5.41 Å². The van der Waals surface area contributed by atoms with Gasteiger partial charge < -0.3 is 14.4 Å². The van der Waals surface area contributed by atoms with E-state index in [1.165, 1.54) is 24.8 Å². The van der Waals surface area contributed by atoms with Crippen molar-refractivity contribution in [3.63, 3.8) is 0 Å². The van der Waals surface area contributed by atoms with Crippen molar-refractivity contribution in [3.05, 3.63) is 59.2 Å². The van der Waals surface area contributed by atoms with E-state index in [9.17, 15) is 4.79 Å². The number of fused-ring (bicyclic) bond motifs is 1. The van der Waals surface area contributed by atoms with Crippen molar-refractivity contribution in [3.8, 4) is 11.5 Å². The summed E-state index contributed by atoms with van der Waals surface area (Å²) in [6.45, 7) is 3.00. The molecule has 0 saturated carbocycles. The first kappa shape index (κ1) is 21.8. The molecule has 0 amide bonds. The number of likely N-dealkylation sites (tertiary alicyclic amines) is 1. The minimum atomic E-state index is -0.418. The largest absolute Gasteiger partial charge is 0.493 e. The van der Waals surface area contributed by atoms with E-state index in [1.54, 1.807) is 14.2 Å². The molecular formula is C24H30BrNO3. The van der Waals surface area contributed by atoms with Gasteiger partial charge in [-0.2, -0.15) is 0 Å². The van der Waals surface area contributed by atoms with Gasteiger partial charge in [0.2, 0.25) is 0 Å². The standard InChI is InChI=1S/C24H29NO3.BrH/c1-27-21-13-19-16-24(15-18-9-5-3-6-10-18,17-25-11-7-4-8-12-25)23(26)20(19)14-22(21)28-2;/h3,5-6,9-10,13-14H,4,7-8,11-12,15-17H2,1-2H3;1H. The fourth-order valence-electron chi connectivity index (χ4n) is 4.87. The van der Waals surface area contributed by atoms with Gasteiger partial charge in [0.1, 0.15) is 0 Å². The van der Waals surface area contributed by atoms with Gasteiger partial charge in [0.15, 0.2) is 17.3 Å². The highest BCUT2D eigenvalue weighted by Gasteiger charge is 2.47. The molecule has 0 aromatic heterocycles. The summed E-state index contributed by atoms with van der Waals surface area (Å²) in [6, 6.07) is 14.3. The number of benzene rings is 2. The lowest BCUT2D eigenvalue weighted by Crippen LogP contribution is -2.45. The molecule has 156 valence electrons. The lowest BCUT2D eigenvalue weighted by atomic mass is 9.77. The highest BCUT2D eigenvalue weighted by atomic mass is 79.9. The van der Waals surface area contributed by atoms with Crippen LogP contribution in [0, 0.1) is 5.41 Å². The minimum absolute atomic E-state index is 0. The summed E-state index contributed by atoms with van der Waals surface area (Å²) >= 11 is 0. The molecule has 0 spiro atoms. The van der Waals surface area contributed by atoms with E-state index in [1.807, 2.05) is 18.2 Å². The fraction of sp³-hybridized carbons (Fsp3) is 0.458. The molecule has 1 aliphatic heterocycles. The molecule has 2 aromatic rings. The number of piperidine rings is 1. The predicted molar refractivity (Wildman–Crippen MR) is 121 cm³/mol. The number of ether oxygens (including phenoxy) is 2. The highest BCUT2D eigenvalue weighted by Crippen LogP contribution is 2.44. The Kier molecular flexibility index (Phi) is 7.01. The van der Waals surface area contributed by atoms with Gasteiger partial charge in [0.05, 0.1) is 19.6 Å². The van der Waals surface area contributed by atoms with E-state index in [-0.39, 0.29) is 22.8 Å². The molecule has 1 unspecified atom stereocenters. The first-order valence-corrected chi connectivity index (χ1v) is 10.2. The molecule has 4 nitrogen and oxygen atoms in total. The smallest absolute Gasteiger partial charge is 0.171 e. The van der Waals surface area contributed by atoms with E-state index >= 15 is 0 Å². The molecule has 1 aliphatic carbocycles. The van der Waals surface area contributed by atoms with Gasteiger partial charge in [-0.15, -0.1) is 17.0 Å². The maximum Gasteiger partial charge on any atom is 0.171 e. The van der Waals surface area contributed by atoms with Crippen molar-refractivity contribution >= 4 is 22.8 Å². The third-order valence-electron chi connectivity index (χ3n) is 6.22. The molecule has 1 saturated heterocycles. The highest BCUT2D eigenvalue weighted by molar-refractivity contribution is 8.93. The average Bonchev–Trinajstić information content (AvgIpc) is 2.99. The molecule has 29 heavy (non-hydrogen) atoms. The number of hydrogen-bond donors (Lipinski definition) is 0. The summed E-state index contributed by atoms with van der Waals surface area (Å²) in [5.74, 6) is 1.57. The molecule has 1 fully saturated rings. The second kappa shape index (κ2) is 9.31. The number of carbonyl (C=O) groups is 1. The lowest BCUT2D eigenvalue weighted by Gasteiger charge is -2.36. The molecule has 2 aliphatic rings. The van der Waals surface area contributed by atoms with Crippen LogP contribution in [0.3, 0.4) is 0 Å². The summed E-state index contributed by atoms with van der Waals surface area (Å²) in [5.41, 5.74) is 2.68. The summed E-state index contributed by atoms with van der Waals surface area (Å²) < 4.78 is 10.9. The Labute approximate surface area is 184 Å². The van der Waals surface area contributed by atoms with Crippen LogP contribution >= 0.6 is 17.0 Å². The number of methoxy groups -OCH3 is 2. The van der Waals surface area contributed by atoms with Crippen LogP contribution in [0.5, 0.6) is 11.5 Å². The van der Waals surface area contributed by atoms with Gasteiger partial charge >= 0.3 is 0 Å². The monoisotopic (exact) mass is 459 g/mol. The van der Waals surface area contributed by atoms with Crippen molar-refractivity contribution in [1.82, 2.24) is 4.90 Å². The Balaban J connectivity index is 0.00000240. The zero-order valence-electron chi connectivity index (χ0n) is 17.3. The quantitative estimate of drug-likeness (QED) is 0.625. The summed E-state index contributed by atoms with van der Waals surface area (Å²) in [7, 11) is 3.26. The minimum Gasteiger partial charge on any atom is -0.493 e. The van der Waals surface area contributed by atoms with E-state index < -0.39 is 5.41 Å². The zero-order valence-corrected chi connectivity index (χ0v) is 19.0. The van der Waals surface area contributed by atoms with Crippen LogP contribution in [-0.2, 0) is 12.8 Å². The van der Waals surface area contributed by atoms with Gasteiger partial charge in [-0.25, -0.2) is 0 Å². The molecule has 2 aromatic carbocycles. The van der Waals surface area contributed by atoms with Gasteiger partial charge in [-0.3, -0.25) is 4.79 Å². The molecule has 0 bridgehead atoms. The van der Waals surface area contributed by atoms with Crippen LogP contribution in [0.2, 0.25) is 0 Å². The number of ketones is 1. The van der Waals surface area contributed by atoms with Gasteiger partial charge in [0, 0.05) is 12.1 Å². The number of halogens is 1. The molecule has 0 N–H and O–H groups in total. The topological polar surface area (TPSA) is 38.8 Å². The van der Waals surface area contributed by atoms with Gasteiger partial charge in [-0.1, -0.05) is 36.8 Å². The Bertz CT molecular complexity index is 849. The maximum atomic E-state index is 13.7. The molecule has 0 radical (unpaired) electrons.